The van der Waals surface area contributed by atoms with E-state index in [1.807, 2.05) is 32.0 Å². The number of anilines is 1. The van der Waals surface area contributed by atoms with Gasteiger partial charge in [-0.3, -0.25) is 4.72 Å². The summed E-state index contributed by atoms with van der Waals surface area (Å²) in [6, 6.07) is 9.92. The van der Waals surface area contributed by atoms with Crippen molar-refractivity contribution in [3.05, 3.63) is 64.7 Å². The zero-order valence-corrected chi connectivity index (χ0v) is 15.6. The summed E-state index contributed by atoms with van der Waals surface area (Å²) in [6.07, 6.45) is -4.61. The van der Waals surface area contributed by atoms with Gasteiger partial charge in [0.05, 0.1) is 17.0 Å². The van der Waals surface area contributed by atoms with Gasteiger partial charge in [0.15, 0.2) is 0 Å². The maximum absolute atomic E-state index is 13.1. The van der Waals surface area contributed by atoms with Crippen LogP contribution in [-0.4, -0.2) is 27.4 Å². The second kappa shape index (κ2) is 7.67. The molecule has 0 atom stereocenters. The lowest BCUT2D eigenvalue weighted by atomic mass is 10.1. The van der Waals surface area contributed by atoms with Crippen LogP contribution in [0.25, 0.3) is 0 Å². The van der Waals surface area contributed by atoms with Crippen LogP contribution in [0.1, 0.15) is 22.3 Å². The lowest BCUT2D eigenvalue weighted by Crippen LogP contribution is -2.20. The smallest absolute Gasteiger partial charge is 0.305 e. The van der Waals surface area contributed by atoms with Crippen LogP contribution in [0.3, 0.4) is 0 Å². The van der Waals surface area contributed by atoms with E-state index in [2.05, 4.69) is 4.72 Å². The molecule has 1 N–H and O–H groups in total. The number of hydrogen-bond donors (Lipinski definition) is 1. The van der Waals surface area contributed by atoms with Crippen LogP contribution in [0.2, 0.25) is 0 Å². The molecular weight excluding hydrogens is 365 g/mol. The largest absolute Gasteiger partial charge is 0.416 e. The number of sulfonamides is 1. The number of rotatable bonds is 6. The van der Waals surface area contributed by atoms with Crippen LogP contribution >= 0.6 is 0 Å². The van der Waals surface area contributed by atoms with Gasteiger partial charge in [-0.05, 0) is 44.3 Å². The maximum atomic E-state index is 13.1. The number of hydrogen-bond acceptors (Lipinski definition) is 3. The molecule has 8 heteroatoms. The first-order chi connectivity index (χ1) is 12.0. The Morgan fingerprint density at radius 2 is 1.69 bits per heavy atom. The quantitative estimate of drug-likeness (QED) is 0.816. The summed E-state index contributed by atoms with van der Waals surface area (Å²) in [5.41, 5.74) is 0.861. The number of benzene rings is 2. The molecule has 0 aliphatic carbocycles. The Bertz CT molecular complexity index is 878. The van der Waals surface area contributed by atoms with Gasteiger partial charge in [-0.15, -0.1) is 0 Å². The molecule has 2 aromatic rings. The van der Waals surface area contributed by atoms with Gasteiger partial charge in [0.1, 0.15) is 0 Å². The SMILES string of the molecule is Cc1ccc(NS(=O)(=O)Cc2ccccc2C(F)(F)F)c(CN(C)C)c1. The molecule has 4 nitrogen and oxygen atoms in total. The summed E-state index contributed by atoms with van der Waals surface area (Å²) < 4.78 is 66.6. The number of halogens is 3. The minimum absolute atomic E-state index is 0.284. The summed E-state index contributed by atoms with van der Waals surface area (Å²) in [5, 5.41) is 0. The van der Waals surface area contributed by atoms with Gasteiger partial charge in [-0.2, -0.15) is 13.2 Å². The second-order valence-corrected chi connectivity index (χ2v) is 8.14. The van der Waals surface area contributed by atoms with Crippen molar-refractivity contribution >= 4 is 15.7 Å². The first-order valence-electron chi connectivity index (χ1n) is 7.88. The highest BCUT2D eigenvalue weighted by Gasteiger charge is 2.34. The highest BCUT2D eigenvalue weighted by atomic mass is 32.2. The molecule has 0 fully saturated rings. The van der Waals surface area contributed by atoms with Crippen molar-refractivity contribution < 1.29 is 21.6 Å². The molecule has 0 spiro atoms. The van der Waals surface area contributed by atoms with E-state index < -0.39 is 27.5 Å². The Morgan fingerprint density at radius 3 is 2.31 bits per heavy atom. The van der Waals surface area contributed by atoms with Crippen LogP contribution in [0.15, 0.2) is 42.5 Å². The molecule has 0 aromatic heterocycles. The molecule has 0 aliphatic rings. The monoisotopic (exact) mass is 386 g/mol. The van der Waals surface area contributed by atoms with Crippen LogP contribution in [-0.2, 0) is 28.5 Å². The van der Waals surface area contributed by atoms with E-state index in [0.717, 1.165) is 17.2 Å². The molecule has 0 radical (unpaired) electrons. The lowest BCUT2D eigenvalue weighted by molar-refractivity contribution is -0.138. The number of nitrogens with zero attached hydrogens (tertiary/aromatic N) is 1. The first-order valence-corrected chi connectivity index (χ1v) is 9.53. The Kier molecular flexibility index (Phi) is 5.98. The highest BCUT2D eigenvalue weighted by Crippen LogP contribution is 2.33. The molecule has 0 aliphatic heterocycles. The van der Waals surface area contributed by atoms with Crippen molar-refractivity contribution in [2.45, 2.75) is 25.4 Å². The molecule has 0 heterocycles. The third-order valence-electron chi connectivity index (χ3n) is 3.68. The molecule has 0 bridgehead atoms. The Hall–Kier alpha value is -2.06. The van der Waals surface area contributed by atoms with E-state index in [1.54, 1.807) is 12.1 Å². The van der Waals surface area contributed by atoms with Gasteiger partial charge in [0.2, 0.25) is 10.0 Å². The minimum Gasteiger partial charge on any atom is -0.305 e. The third-order valence-corrected chi connectivity index (χ3v) is 4.90. The third kappa shape index (κ3) is 5.47. The fourth-order valence-corrected chi connectivity index (χ4v) is 3.89. The molecule has 2 rings (SSSR count). The summed E-state index contributed by atoms with van der Waals surface area (Å²) in [6.45, 7) is 2.38. The van der Waals surface area contributed by atoms with Gasteiger partial charge in [0.25, 0.3) is 0 Å². The van der Waals surface area contributed by atoms with E-state index in [-0.39, 0.29) is 5.56 Å². The van der Waals surface area contributed by atoms with E-state index in [9.17, 15) is 21.6 Å². The van der Waals surface area contributed by atoms with E-state index >= 15 is 0 Å². The van der Waals surface area contributed by atoms with Gasteiger partial charge >= 0.3 is 6.18 Å². The van der Waals surface area contributed by atoms with E-state index in [0.29, 0.717) is 12.2 Å². The van der Waals surface area contributed by atoms with E-state index in [4.69, 9.17) is 0 Å². The van der Waals surface area contributed by atoms with Crippen molar-refractivity contribution in [2.24, 2.45) is 0 Å². The summed E-state index contributed by atoms with van der Waals surface area (Å²) in [5.74, 6) is -0.752. The number of nitrogens with one attached hydrogen (secondary N) is 1. The standard InChI is InChI=1S/C18H21F3N2O2S/c1-13-8-9-17(15(10-13)11-23(2)3)22-26(24,25)12-14-6-4-5-7-16(14)18(19,20)21/h4-10,22H,11-12H2,1-3H3. The number of aryl methyl sites for hydroxylation is 1. The summed E-state index contributed by atoms with van der Waals surface area (Å²) >= 11 is 0. The normalized spacial score (nSPS) is 12.4. The average Bonchev–Trinajstić information content (AvgIpc) is 2.48. The zero-order chi connectivity index (χ0) is 19.5. The molecule has 0 saturated heterocycles. The van der Waals surface area contributed by atoms with Crippen molar-refractivity contribution in [1.29, 1.82) is 0 Å². The van der Waals surface area contributed by atoms with Crippen LogP contribution in [0.4, 0.5) is 18.9 Å². The zero-order valence-electron chi connectivity index (χ0n) is 14.8. The Labute approximate surface area is 151 Å². The lowest BCUT2D eigenvalue weighted by Gasteiger charge is -2.17. The molecule has 0 saturated carbocycles. The molecule has 142 valence electrons. The second-order valence-electron chi connectivity index (χ2n) is 6.41. The van der Waals surface area contributed by atoms with E-state index in [1.165, 1.54) is 18.2 Å². The predicted molar refractivity (Wildman–Crippen MR) is 96.3 cm³/mol. The summed E-state index contributed by atoms with van der Waals surface area (Å²) in [7, 11) is -0.315. The number of alkyl halides is 3. The fourth-order valence-electron chi connectivity index (χ4n) is 2.62. The van der Waals surface area contributed by atoms with Crippen LogP contribution in [0.5, 0.6) is 0 Å². The van der Waals surface area contributed by atoms with Crippen LogP contribution in [0, 0.1) is 6.92 Å². The molecular formula is C18H21F3N2O2S. The molecule has 0 amide bonds. The topological polar surface area (TPSA) is 49.4 Å². The van der Waals surface area contributed by atoms with Crippen molar-refractivity contribution in [3.63, 3.8) is 0 Å². The van der Waals surface area contributed by atoms with Crippen molar-refractivity contribution in [3.8, 4) is 0 Å². The highest BCUT2D eigenvalue weighted by molar-refractivity contribution is 7.91. The molecule has 0 unspecified atom stereocenters. The van der Waals surface area contributed by atoms with Gasteiger partial charge in [-0.1, -0.05) is 35.9 Å². The first kappa shape index (κ1) is 20.3. The fraction of sp³-hybridized carbons (Fsp3) is 0.333. The predicted octanol–water partition coefficient (Wildman–Crippen LogP) is 4.02. The average molecular weight is 386 g/mol. The maximum Gasteiger partial charge on any atom is 0.416 e. The molecule has 2 aromatic carbocycles. The van der Waals surface area contributed by atoms with Gasteiger partial charge in [0, 0.05) is 6.54 Å². The Morgan fingerprint density at radius 1 is 1.04 bits per heavy atom. The Balaban J connectivity index is 2.31. The van der Waals surface area contributed by atoms with Crippen molar-refractivity contribution in [2.75, 3.05) is 18.8 Å². The molecule has 26 heavy (non-hydrogen) atoms. The van der Waals surface area contributed by atoms with Crippen molar-refractivity contribution in [1.82, 2.24) is 4.90 Å². The van der Waals surface area contributed by atoms with Crippen LogP contribution < -0.4 is 4.72 Å². The summed E-state index contributed by atoms with van der Waals surface area (Å²) in [4.78, 5) is 1.88. The van der Waals surface area contributed by atoms with Gasteiger partial charge < -0.3 is 4.90 Å². The van der Waals surface area contributed by atoms with Gasteiger partial charge in [-0.25, -0.2) is 8.42 Å². The minimum atomic E-state index is -4.61.